The third kappa shape index (κ3) is 3.97. The maximum absolute atomic E-state index is 12.0. The van der Waals surface area contributed by atoms with Crippen LogP contribution in [0.15, 0.2) is 26.6 Å². The molecule has 3 rings (SSSR count). The first-order chi connectivity index (χ1) is 10.6. The summed E-state index contributed by atoms with van der Waals surface area (Å²) in [6, 6.07) is 3.32. The highest BCUT2D eigenvalue weighted by molar-refractivity contribution is 9.10. The number of piperidine rings is 1. The number of rotatable bonds is 4. The van der Waals surface area contributed by atoms with Crippen LogP contribution in [0.1, 0.15) is 36.0 Å². The van der Waals surface area contributed by atoms with E-state index in [4.69, 9.17) is 4.42 Å². The van der Waals surface area contributed by atoms with Gasteiger partial charge in [0.2, 0.25) is 0 Å². The lowest BCUT2D eigenvalue weighted by molar-refractivity contribution is 0.0995. The van der Waals surface area contributed by atoms with Gasteiger partial charge >= 0.3 is 0 Å². The first-order valence-corrected chi connectivity index (χ1v) is 9.01. The molecule has 0 saturated carbocycles. The Morgan fingerprint density at radius 1 is 1.59 bits per heavy atom. The molecule has 1 saturated heterocycles. The molecule has 5 nitrogen and oxygen atoms in total. The minimum atomic E-state index is -0.279. The van der Waals surface area contributed by atoms with E-state index in [0.717, 1.165) is 31.2 Å². The maximum Gasteiger partial charge on any atom is 0.293 e. The molecule has 0 radical (unpaired) electrons. The molecule has 0 aliphatic carbocycles. The Labute approximate surface area is 141 Å². The van der Waals surface area contributed by atoms with Gasteiger partial charge in [-0.3, -0.25) is 15.0 Å². The predicted molar refractivity (Wildman–Crippen MR) is 90.2 cm³/mol. The van der Waals surface area contributed by atoms with E-state index >= 15 is 0 Å². The van der Waals surface area contributed by atoms with Crippen LogP contribution >= 0.6 is 27.3 Å². The number of aromatic nitrogens is 1. The van der Waals surface area contributed by atoms with E-state index in [1.54, 1.807) is 12.1 Å². The molecule has 0 spiro atoms. The van der Waals surface area contributed by atoms with Gasteiger partial charge in [0.15, 0.2) is 15.6 Å². The second kappa shape index (κ2) is 6.93. The normalized spacial score (nSPS) is 19.3. The van der Waals surface area contributed by atoms with E-state index in [2.05, 4.69) is 38.1 Å². The molecular formula is C15H18BrN3O2S. The first-order valence-electron chi connectivity index (χ1n) is 7.33. The SMILES string of the molecule is CC1CCCN(Cc2csc(NC(=O)c3ccc(Br)o3)n2)C1. The number of thiazole rings is 1. The van der Waals surface area contributed by atoms with Gasteiger partial charge in [-0.15, -0.1) is 11.3 Å². The summed E-state index contributed by atoms with van der Waals surface area (Å²) in [4.78, 5) is 18.9. The average Bonchev–Trinajstić information content (AvgIpc) is 3.08. The fourth-order valence-electron chi connectivity index (χ4n) is 2.69. The number of furan rings is 1. The molecule has 1 fully saturated rings. The van der Waals surface area contributed by atoms with Crippen molar-refractivity contribution in [3.8, 4) is 0 Å². The van der Waals surface area contributed by atoms with E-state index in [1.807, 2.05) is 5.38 Å². The minimum absolute atomic E-state index is 0.272. The van der Waals surface area contributed by atoms with Crippen LogP contribution in [-0.2, 0) is 6.54 Å². The molecule has 0 aromatic carbocycles. The average molecular weight is 384 g/mol. The van der Waals surface area contributed by atoms with Crippen LogP contribution in [0.5, 0.6) is 0 Å². The van der Waals surface area contributed by atoms with Crippen LogP contribution in [0.2, 0.25) is 0 Å². The Kier molecular flexibility index (Phi) is 4.95. The van der Waals surface area contributed by atoms with Gasteiger partial charge < -0.3 is 4.42 Å². The molecule has 2 aromatic heterocycles. The Morgan fingerprint density at radius 3 is 3.18 bits per heavy atom. The van der Waals surface area contributed by atoms with Gasteiger partial charge in [0.25, 0.3) is 5.91 Å². The molecular weight excluding hydrogens is 366 g/mol. The minimum Gasteiger partial charge on any atom is -0.444 e. The Balaban J connectivity index is 1.58. The highest BCUT2D eigenvalue weighted by atomic mass is 79.9. The number of carbonyl (C=O) groups is 1. The fraction of sp³-hybridized carbons (Fsp3) is 0.467. The van der Waals surface area contributed by atoms with E-state index in [-0.39, 0.29) is 11.7 Å². The number of carbonyl (C=O) groups excluding carboxylic acids is 1. The lowest BCUT2D eigenvalue weighted by atomic mass is 10.0. The molecule has 22 heavy (non-hydrogen) atoms. The molecule has 118 valence electrons. The Bertz CT molecular complexity index is 655. The van der Waals surface area contributed by atoms with Crippen molar-refractivity contribution in [2.75, 3.05) is 18.4 Å². The summed E-state index contributed by atoms with van der Waals surface area (Å²) in [6.45, 7) is 5.40. The molecule has 1 unspecified atom stereocenters. The van der Waals surface area contributed by atoms with Gasteiger partial charge in [-0.2, -0.15) is 0 Å². The number of likely N-dealkylation sites (tertiary alicyclic amines) is 1. The van der Waals surface area contributed by atoms with Crippen LogP contribution in [0.4, 0.5) is 5.13 Å². The molecule has 1 aliphatic rings. The fourth-order valence-corrected chi connectivity index (χ4v) is 3.69. The summed E-state index contributed by atoms with van der Waals surface area (Å²) in [5, 5.41) is 5.39. The molecule has 7 heteroatoms. The van der Waals surface area contributed by atoms with E-state index < -0.39 is 0 Å². The van der Waals surface area contributed by atoms with Crippen LogP contribution in [-0.4, -0.2) is 28.9 Å². The summed E-state index contributed by atoms with van der Waals surface area (Å²) < 4.78 is 5.77. The largest absolute Gasteiger partial charge is 0.444 e. The topological polar surface area (TPSA) is 58.4 Å². The van der Waals surface area contributed by atoms with Gasteiger partial charge in [0.05, 0.1) is 5.69 Å². The van der Waals surface area contributed by atoms with E-state index in [0.29, 0.717) is 9.80 Å². The summed E-state index contributed by atoms with van der Waals surface area (Å²) in [6.07, 6.45) is 2.57. The van der Waals surface area contributed by atoms with Gasteiger partial charge in [0, 0.05) is 18.5 Å². The van der Waals surface area contributed by atoms with E-state index in [9.17, 15) is 4.79 Å². The molecule has 3 heterocycles. The van der Waals surface area contributed by atoms with Gasteiger partial charge in [-0.25, -0.2) is 4.98 Å². The quantitative estimate of drug-likeness (QED) is 0.866. The molecule has 0 bridgehead atoms. The zero-order valence-electron chi connectivity index (χ0n) is 12.3. The number of hydrogen-bond donors (Lipinski definition) is 1. The third-order valence-electron chi connectivity index (χ3n) is 3.70. The van der Waals surface area contributed by atoms with Gasteiger partial charge in [-0.1, -0.05) is 6.92 Å². The monoisotopic (exact) mass is 383 g/mol. The smallest absolute Gasteiger partial charge is 0.293 e. The summed E-state index contributed by atoms with van der Waals surface area (Å²) in [5.74, 6) is 0.746. The Morgan fingerprint density at radius 2 is 2.45 bits per heavy atom. The van der Waals surface area contributed by atoms with Crippen LogP contribution in [0.25, 0.3) is 0 Å². The van der Waals surface area contributed by atoms with Gasteiger partial charge in [0.1, 0.15) is 0 Å². The van der Waals surface area contributed by atoms with Crippen molar-refractivity contribution in [1.29, 1.82) is 0 Å². The van der Waals surface area contributed by atoms with Crippen molar-refractivity contribution in [3.63, 3.8) is 0 Å². The van der Waals surface area contributed by atoms with Crippen molar-refractivity contribution in [3.05, 3.63) is 33.6 Å². The van der Waals surface area contributed by atoms with Crippen molar-refractivity contribution >= 4 is 38.3 Å². The number of anilines is 1. The standard InChI is InChI=1S/C15H18BrN3O2S/c1-10-3-2-6-19(7-10)8-11-9-22-15(17-11)18-14(20)12-4-5-13(16)21-12/h4-5,9-10H,2-3,6-8H2,1H3,(H,17,18,20). The van der Waals surface area contributed by atoms with E-state index in [1.165, 1.54) is 24.2 Å². The molecule has 1 amide bonds. The van der Waals surface area contributed by atoms with Crippen LogP contribution in [0.3, 0.4) is 0 Å². The highest BCUT2D eigenvalue weighted by Crippen LogP contribution is 2.22. The second-order valence-corrected chi connectivity index (χ2v) is 7.32. The van der Waals surface area contributed by atoms with Crippen molar-refractivity contribution in [1.82, 2.24) is 9.88 Å². The van der Waals surface area contributed by atoms with Crippen molar-refractivity contribution in [2.24, 2.45) is 5.92 Å². The lowest BCUT2D eigenvalue weighted by Crippen LogP contribution is -2.33. The number of nitrogens with zero attached hydrogens (tertiary/aromatic N) is 2. The zero-order chi connectivity index (χ0) is 15.5. The second-order valence-electron chi connectivity index (χ2n) is 5.68. The summed E-state index contributed by atoms with van der Waals surface area (Å²) in [5.41, 5.74) is 1.01. The number of halogens is 1. The highest BCUT2D eigenvalue weighted by Gasteiger charge is 2.18. The third-order valence-corrected chi connectivity index (χ3v) is 4.93. The molecule has 1 atom stereocenters. The summed E-state index contributed by atoms with van der Waals surface area (Å²) >= 11 is 4.63. The molecule has 1 aliphatic heterocycles. The first kappa shape index (κ1) is 15.7. The predicted octanol–water partition coefficient (Wildman–Crippen LogP) is 3.98. The van der Waals surface area contributed by atoms with Crippen LogP contribution < -0.4 is 5.32 Å². The number of nitrogens with one attached hydrogen (secondary N) is 1. The zero-order valence-corrected chi connectivity index (χ0v) is 14.7. The number of amides is 1. The summed E-state index contributed by atoms with van der Waals surface area (Å²) in [7, 11) is 0. The number of hydrogen-bond acceptors (Lipinski definition) is 5. The van der Waals surface area contributed by atoms with Crippen molar-refractivity contribution in [2.45, 2.75) is 26.3 Å². The lowest BCUT2D eigenvalue weighted by Gasteiger charge is -2.30. The van der Waals surface area contributed by atoms with Crippen molar-refractivity contribution < 1.29 is 9.21 Å². The van der Waals surface area contributed by atoms with Gasteiger partial charge in [-0.05, 0) is 53.4 Å². The molecule has 2 aromatic rings. The maximum atomic E-state index is 12.0. The van der Waals surface area contributed by atoms with Crippen LogP contribution in [0, 0.1) is 5.92 Å². The molecule has 1 N–H and O–H groups in total. The Hall–Kier alpha value is -1.18.